The molecule has 0 spiro atoms. The van der Waals surface area contributed by atoms with E-state index in [1.54, 1.807) is 12.5 Å². The van der Waals surface area contributed by atoms with Crippen molar-refractivity contribution in [2.45, 2.75) is 13.8 Å². The van der Waals surface area contributed by atoms with Gasteiger partial charge in [-0.15, -0.1) is 0 Å². The lowest BCUT2D eigenvalue weighted by molar-refractivity contribution is 0.582. The highest BCUT2D eigenvalue weighted by atomic mass is 16.3. The number of aryl methyl sites for hydroxylation is 2. The van der Waals surface area contributed by atoms with Gasteiger partial charge in [-0.25, -0.2) is 9.97 Å². The van der Waals surface area contributed by atoms with Gasteiger partial charge in [-0.3, -0.25) is 0 Å². The molecule has 7 heterocycles. The molecule has 230 valence electrons. The summed E-state index contributed by atoms with van der Waals surface area (Å²) in [4.78, 5) is 18.0. The molecule has 5 aromatic heterocycles. The third-order valence-electron chi connectivity index (χ3n) is 8.97. The van der Waals surface area contributed by atoms with Crippen LogP contribution >= 0.6 is 0 Å². The topological polar surface area (TPSA) is 83.6 Å². The average Bonchev–Trinajstić information content (AvgIpc) is 3.94. The summed E-state index contributed by atoms with van der Waals surface area (Å²) in [6.45, 7) is 4.20. The van der Waals surface area contributed by atoms with Crippen LogP contribution in [0.3, 0.4) is 0 Å². The Balaban J connectivity index is 1.47. The summed E-state index contributed by atoms with van der Waals surface area (Å²) in [5.74, 6) is 1.47. The van der Waals surface area contributed by atoms with Crippen LogP contribution < -0.4 is 0 Å². The van der Waals surface area contributed by atoms with Gasteiger partial charge in [0.25, 0.3) is 0 Å². The minimum Gasteiger partial charge on any atom is -0.464 e. The first-order valence-electron chi connectivity index (χ1n) is 16.0. The zero-order valence-corrected chi connectivity index (χ0v) is 26.4. The van der Waals surface area contributed by atoms with Crippen LogP contribution in [0.25, 0.3) is 91.3 Å². The molecular formula is C42H30N4O2. The first-order valence-corrected chi connectivity index (χ1v) is 16.0. The number of benzene rings is 2. The van der Waals surface area contributed by atoms with E-state index in [0.29, 0.717) is 0 Å². The first-order chi connectivity index (χ1) is 23.6. The maximum atomic E-state index is 6.01. The number of aromatic nitrogens is 4. The molecule has 6 heteroatoms. The van der Waals surface area contributed by atoms with Crippen molar-refractivity contribution in [2.24, 2.45) is 0 Å². The van der Waals surface area contributed by atoms with E-state index < -0.39 is 0 Å². The van der Waals surface area contributed by atoms with Crippen molar-refractivity contribution >= 4 is 46.4 Å². The smallest absolute Gasteiger partial charge is 0.138 e. The number of fused-ring (bicyclic) bond motifs is 8. The van der Waals surface area contributed by atoms with Gasteiger partial charge < -0.3 is 18.8 Å². The highest BCUT2D eigenvalue weighted by Gasteiger charge is 2.20. The van der Waals surface area contributed by atoms with Crippen molar-refractivity contribution in [2.75, 3.05) is 0 Å². The molecule has 0 radical (unpaired) electrons. The molecule has 0 atom stereocenters. The summed E-state index contributed by atoms with van der Waals surface area (Å²) in [6.07, 6.45) is 11.7. The summed E-state index contributed by atoms with van der Waals surface area (Å²) in [5, 5.41) is 0. The molecule has 2 aliphatic rings. The second kappa shape index (κ2) is 11.1. The lowest BCUT2D eigenvalue weighted by Crippen LogP contribution is -1.89. The number of hydrogen-bond acceptors (Lipinski definition) is 4. The predicted molar refractivity (Wildman–Crippen MR) is 195 cm³/mol. The van der Waals surface area contributed by atoms with Crippen molar-refractivity contribution in [3.05, 3.63) is 143 Å². The number of rotatable bonds is 4. The molecular weight excluding hydrogens is 592 g/mol. The highest BCUT2D eigenvalue weighted by molar-refractivity contribution is 5.99. The molecule has 0 fully saturated rings. The van der Waals surface area contributed by atoms with Crippen LogP contribution in [-0.2, 0) is 0 Å². The van der Waals surface area contributed by atoms with Crippen molar-refractivity contribution in [3.63, 3.8) is 0 Å². The van der Waals surface area contributed by atoms with Gasteiger partial charge in [0.1, 0.15) is 11.5 Å². The molecule has 6 nitrogen and oxygen atoms in total. The van der Waals surface area contributed by atoms with Gasteiger partial charge in [0.15, 0.2) is 0 Å². The average molecular weight is 623 g/mol. The Hall–Kier alpha value is -6.40. The zero-order chi connectivity index (χ0) is 32.2. The minimum absolute atomic E-state index is 0.733. The third-order valence-corrected chi connectivity index (χ3v) is 8.97. The number of furan rings is 2. The van der Waals surface area contributed by atoms with E-state index in [1.165, 1.54) is 11.1 Å². The fourth-order valence-electron chi connectivity index (χ4n) is 6.61. The van der Waals surface area contributed by atoms with Crippen LogP contribution in [-0.4, -0.2) is 19.9 Å². The fourth-order valence-corrected chi connectivity index (χ4v) is 6.61. The molecule has 9 rings (SSSR count). The predicted octanol–water partition coefficient (Wildman–Crippen LogP) is 11.1. The van der Waals surface area contributed by atoms with E-state index in [9.17, 15) is 0 Å². The molecule has 2 aliphatic heterocycles. The third kappa shape index (κ3) is 4.74. The van der Waals surface area contributed by atoms with E-state index in [2.05, 4.69) is 121 Å². The normalized spacial score (nSPS) is 12.2. The largest absolute Gasteiger partial charge is 0.464 e. The second-order valence-electron chi connectivity index (χ2n) is 12.2. The van der Waals surface area contributed by atoms with Crippen LogP contribution in [0.2, 0.25) is 0 Å². The Kier molecular flexibility index (Phi) is 6.47. The lowest BCUT2D eigenvalue weighted by Gasteiger charge is -2.06. The number of nitrogens with zero attached hydrogens (tertiary/aromatic N) is 2. The number of hydrogen-bond donors (Lipinski definition) is 2. The molecule has 8 bridgehead atoms. The Labute approximate surface area is 276 Å². The number of aromatic amines is 2. The van der Waals surface area contributed by atoms with Gasteiger partial charge in [0.2, 0.25) is 0 Å². The summed E-state index contributed by atoms with van der Waals surface area (Å²) < 4.78 is 12.0. The zero-order valence-electron chi connectivity index (χ0n) is 26.4. The van der Waals surface area contributed by atoms with Gasteiger partial charge in [0.05, 0.1) is 57.5 Å². The van der Waals surface area contributed by atoms with E-state index in [0.717, 1.165) is 89.7 Å². The SMILES string of the molecule is Cc1ccc(-c2c3nc(c(-c4ccco4)c4ccc([nH]4)c(-c4ccc(C)cc4)c4nc(c(-c5ccco5)c5ccc2[nH]5)C=C4)C=C3)cc1. The van der Waals surface area contributed by atoms with Crippen LogP contribution in [0.5, 0.6) is 0 Å². The maximum absolute atomic E-state index is 6.01. The molecule has 7 aromatic rings. The Morgan fingerprint density at radius 1 is 0.417 bits per heavy atom. The summed E-state index contributed by atoms with van der Waals surface area (Å²) >= 11 is 0. The molecule has 48 heavy (non-hydrogen) atoms. The summed E-state index contributed by atoms with van der Waals surface area (Å²) in [7, 11) is 0. The molecule has 0 unspecified atom stereocenters. The van der Waals surface area contributed by atoms with Crippen molar-refractivity contribution in [3.8, 4) is 44.9 Å². The summed E-state index contributed by atoms with van der Waals surface area (Å²) in [5.41, 5.74) is 15.3. The fraction of sp³-hybridized carbons (Fsp3) is 0.0476. The molecule has 2 aromatic carbocycles. The Morgan fingerprint density at radius 3 is 1.12 bits per heavy atom. The number of H-pyrrole nitrogens is 2. The van der Waals surface area contributed by atoms with Crippen LogP contribution in [0.1, 0.15) is 33.9 Å². The monoisotopic (exact) mass is 622 g/mol. The van der Waals surface area contributed by atoms with Crippen LogP contribution in [0.4, 0.5) is 0 Å². The van der Waals surface area contributed by atoms with Gasteiger partial charge in [0, 0.05) is 22.2 Å². The van der Waals surface area contributed by atoms with E-state index in [4.69, 9.17) is 18.8 Å². The van der Waals surface area contributed by atoms with Crippen LogP contribution in [0.15, 0.2) is 118 Å². The van der Waals surface area contributed by atoms with Crippen molar-refractivity contribution in [1.82, 2.24) is 19.9 Å². The van der Waals surface area contributed by atoms with Gasteiger partial charge in [-0.1, -0.05) is 59.7 Å². The lowest BCUT2D eigenvalue weighted by atomic mass is 10.0. The van der Waals surface area contributed by atoms with Crippen molar-refractivity contribution in [1.29, 1.82) is 0 Å². The van der Waals surface area contributed by atoms with Crippen LogP contribution in [0, 0.1) is 13.8 Å². The number of nitrogens with one attached hydrogen (secondary N) is 2. The second-order valence-corrected chi connectivity index (χ2v) is 12.2. The Morgan fingerprint density at radius 2 is 0.771 bits per heavy atom. The maximum Gasteiger partial charge on any atom is 0.138 e. The van der Waals surface area contributed by atoms with E-state index in [-0.39, 0.29) is 0 Å². The molecule has 0 saturated carbocycles. The van der Waals surface area contributed by atoms with Gasteiger partial charge >= 0.3 is 0 Å². The standard InChI is InChI=1S/C42H30N4O2/c1-25-7-11-27(12-8-25)39-29-15-19-33(43-29)41(37-5-3-23-47-37)35-21-17-31(45-35)40(28-13-9-26(2)10-14-28)32-18-22-36(46-32)42(38-6-4-24-48-38)34-20-16-30(39)44-34/h3-24,43,46H,1-2H3. The van der Waals surface area contributed by atoms with E-state index >= 15 is 0 Å². The minimum atomic E-state index is 0.733. The van der Waals surface area contributed by atoms with Gasteiger partial charge in [-0.05, 0) is 97.8 Å². The molecule has 0 saturated heterocycles. The van der Waals surface area contributed by atoms with E-state index in [1.807, 2.05) is 24.3 Å². The molecule has 0 aliphatic carbocycles. The molecule has 0 amide bonds. The molecule has 2 N–H and O–H groups in total. The Bertz CT molecular complexity index is 2360. The first kappa shape index (κ1) is 27.9. The quantitative estimate of drug-likeness (QED) is 0.205. The summed E-state index contributed by atoms with van der Waals surface area (Å²) in [6, 6.07) is 33.3. The van der Waals surface area contributed by atoms with Crippen molar-refractivity contribution < 1.29 is 8.83 Å². The van der Waals surface area contributed by atoms with Gasteiger partial charge in [-0.2, -0.15) is 0 Å². The highest BCUT2D eigenvalue weighted by Crippen LogP contribution is 2.38.